The van der Waals surface area contributed by atoms with E-state index in [-0.39, 0.29) is 4.90 Å². The number of nitrogens with zero attached hydrogens (tertiary/aromatic N) is 1. The maximum atomic E-state index is 12.5. The SMILES string of the molecule is COc1ccc(S(=O)(=O)N2CCCOCC2)cc1N. The lowest BCUT2D eigenvalue weighted by Crippen LogP contribution is -2.33. The smallest absolute Gasteiger partial charge is 0.243 e. The third-order valence-corrected chi connectivity index (χ3v) is 4.91. The molecule has 0 amide bonds. The standard InChI is InChI=1S/C12H18N2O4S/c1-17-12-4-3-10(9-11(12)13)19(15,16)14-5-2-7-18-8-6-14/h3-4,9H,2,5-8,13H2,1H3. The molecule has 1 heterocycles. The maximum Gasteiger partial charge on any atom is 0.243 e. The van der Waals surface area contributed by atoms with Gasteiger partial charge in [-0.05, 0) is 24.6 Å². The Morgan fingerprint density at radius 2 is 2.11 bits per heavy atom. The van der Waals surface area contributed by atoms with Crippen molar-refractivity contribution < 1.29 is 17.9 Å². The molecule has 0 aromatic heterocycles. The Bertz CT molecular complexity index is 537. The third-order valence-electron chi connectivity index (χ3n) is 3.02. The molecule has 1 saturated heterocycles. The summed E-state index contributed by atoms with van der Waals surface area (Å²) in [6, 6.07) is 4.51. The van der Waals surface area contributed by atoms with Gasteiger partial charge in [-0.3, -0.25) is 0 Å². The van der Waals surface area contributed by atoms with Gasteiger partial charge in [-0.15, -0.1) is 0 Å². The van der Waals surface area contributed by atoms with E-state index in [1.165, 1.54) is 23.5 Å². The summed E-state index contributed by atoms with van der Waals surface area (Å²) < 4.78 is 36.7. The highest BCUT2D eigenvalue weighted by Crippen LogP contribution is 2.26. The fraction of sp³-hybridized carbons (Fsp3) is 0.500. The van der Waals surface area contributed by atoms with Gasteiger partial charge in [0.05, 0.1) is 24.3 Å². The van der Waals surface area contributed by atoms with Crippen LogP contribution < -0.4 is 10.5 Å². The van der Waals surface area contributed by atoms with Crippen molar-refractivity contribution >= 4 is 15.7 Å². The summed E-state index contributed by atoms with van der Waals surface area (Å²) in [4.78, 5) is 0.188. The van der Waals surface area contributed by atoms with Crippen molar-refractivity contribution in [1.82, 2.24) is 4.31 Å². The number of nitrogens with two attached hydrogens (primary N) is 1. The predicted octanol–water partition coefficient (Wildman–Crippen LogP) is 0.688. The first-order valence-electron chi connectivity index (χ1n) is 6.07. The molecule has 7 heteroatoms. The summed E-state index contributed by atoms with van der Waals surface area (Å²) in [7, 11) is -2.02. The normalized spacial score (nSPS) is 17.9. The third kappa shape index (κ3) is 2.99. The van der Waals surface area contributed by atoms with Gasteiger partial charge in [-0.2, -0.15) is 4.31 Å². The first-order chi connectivity index (χ1) is 9.05. The number of sulfonamides is 1. The number of anilines is 1. The molecule has 0 unspecified atom stereocenters. The molecule has 106 valence electrons. The molecule has 1 fully saturated rings. The monoisotopic (exact) mass is 286 g/mol. The minimum Gasteiger partial charge on any atom is -0.495 e. The minimum absolute atomic E-state index is 0.188. The van der Waals surface area contributed by atoms with Crippen LogP contribution in [0.5, 0.6) is 5.75 Å². The number of benzene rings is 1. The van der Waals surface area contributed by atoms with Crippen molar-refractivity contribution in [3.05, 3.63) is 18.2 Å². The number of ether oxygens (including phenoxy) is 2. The highest BCUT2D eigenvalue weighted by Gasteiger charge is 2.25. The van der Waals surface area contributed by atoms with Crippen LogP contribution in [0.15, 0.2) is 23.1 Å². The highest BCUT2D eigenvalue weighted by atomic mass is 32.2. The molecule has 0 bridgehead atoms. The number of hydrogen-bond acceptors (Lipinski definition) is 5. The first kappa shape index (κ1) is 14.1. The van der Waals surface area contributed by atoms with Crippen molar-refractivity contribution in [3.8, 4) is 5.75 Å². The maximum absolute atomic E-state index is 12.5. The number of hydrogen-bond donors (Lipinski definition) is 1. The Hall–Kier alpha value is -1.31. The fourth-order valence-electron chi connectivity index (χ4n) is 1.99. The minimum atomic E-state index is -3.52. The zero-order chi connectivity index (χ0) is 13.9. The summed E-state index contributed by atoms with van der Waals surface area (Å²) >= 11 is 0. The fourth-order valence-corrected chi connectivity index (χ4v) is 3.48. The van der Waals surface area contributed by atoms with Crippen LogP contribution in [0, 0.1) is 0 Å². The summed E-state index contributed by atoms with van der Waals surface area (Å²) in [6.45, 7) is 1.85. The van der Waals surface area contributed by atoms with Crippen LogP contribution >= 0.6 is 0 Å². The Labute approximate surface area is 113 Å². The van der Waals surface area contributed by atoms with E-state index in [0.717, 1.165) is 0 Å². The van der Waals surface area contributed by atoms with Gasteiger partial charge >= 0.3 is 0 Å². The lowest BCUT2D eigenvalue weighted by Gasteiger charge is -2.19. The van der Waals surface area contributed by atoms with Gasteiger partial charge in [0.2, 0.25) is 10.0 Å². The number of methoxy groups -OCH3 is 1. The van der Waals surface area contributed by atoms with Gasteiger partial charge in [-0.25, -0.2) is 8.42 Å². The predicted molar refractivity (Wildman–Crippen MR) is 71.6 cm³/mol. The molecule has 6 nitrogen and oxygen atoms in total. The highest BCUT2D eigenvalue weighted by molar-refractivity contribution is 7.89. The molecule has 0 spiro atoms. The van der Waals surface area contributed by atoms with E-state index in [1.807, 2.05) is 0 Å². The molecule has 0 saturated carbocycles. The summed E-state index contributed by atoms with van der Waals surface area (Å²) in [5, 5.41) is 0. The van der Waals surface area contributed by atoms with Crippen molar-refractivity contribution in [2.45, 2.75) is 11.3 Å². The molecule has 19 heavy (non-hydrogen) atoms. The van der Waals surface area contributed by atoms with Crippen molar-refractivity contribution in [2.75, 3.05) is 39.1 Å². The molecular formula is C12H18N2O4S. The van der Waals surface area contributed by atoms with Gasteiger partial charge in [-0.1, -0.05) is 0 Å². The van der Waals surface area contributed by atoms with E-state index in [9.17, 15) is 8.42 Å². The molecule has 0 atom stereocenters. The second kappa shape index (κ2) is 5.77. The van der Waals surface area contributed by atoms with Crippen LogP contribution in [0.4, 0.5) is 5.69 Å². The zero-order valence-electron chi connectivity index (χ0n) is 10.8. The lowest BCUT2D eigenvalue weighted by molar-refractivity contribution is 0.148. The molecule has 1 aromatic rings. The second-order valence-electron chi connectivity index (χ2n) is 4.27. The Kier molecular flexibility index (Phi) is 4.28. The largest absolute Gasteiger partial charge is 0.495 e. The Morgan fingerprint density at radius 1 is 1.32 bits per heavy atom. The van der Waals surface area contributed by atoms with Crippen LogP contribution in [-0.4, -0.2) is 46.1 Å². The summed E-state index contributed by atoms with van der Waals surface area (Å²) in [5.41, 5.74) is 6.07. The molecule has 1 aromatic carbocycles. The molecule has 1 aliphatic rings. The second-order valence-corrected chi connectivity index (χ2v) is 6.21. The van der Waals surface area contributed by atoms with Gasteiger partial charge < -0.3 is 15.2 Å². The van der Waals surface area contributed by atoms with Crippen LogP contribution in [0.25, 0.3) is 0 Å². The first-order valence-corrected chi connectivity index (χ1v) is 7.51. The van der Waals surface area contributed by atoms with Gasteiger partial charge in [0.1, 0.15) is 5.75 Å². The van der Waals surface area contributed by atoms with E-state index in [1.54, 1.807) is 6.07 Å². The van der Waals surface area contributed by atoms with E-state index >= 15 is 0 Å². The number of rotatable bonds is 3. The van der Waals surface area contributed by atoms with E-state index in [0.29, 0.717) is 44.2 Å². The van der Waals surface area contributed by atoms with Crippen LogP contribution in [0.3, 0.4) is 0 Å². The Balaban J connectivity index is 2.30. The number of nitrogen functional groups attached to an aromatic ring is 1. The van der Waals surface area contributed by atoms with Gasteiger partial charge in [0, 0.05) is 19.7 Å². The summed E-state index contributed by atoms with van der Waals surface area (Å²) in [5.74, 6) is 0.471. The molecular weight excluding hydrogens is 268 g/mol. The van der Waals surface area contributed by atoms with E-state index < -0.39 is 10.0 Å². The van der Waals surface area contributed by atoms with Crippen LogP contribution in [-0.2, 0) is 14.8 Å². The average Bonchev–Trinajstić information content (AvgIpc) is 2.67. The summed E-state index contributed by atoms with van der Waals surface area (Å²) in [6.07, 6.45) is 0.699. The van der Waals surface area contributed by atoms with Crippen molar-refractivity contribution in [3.63, 3.8) is 0 Å². The average molecular weight is 286 g/mol. The Morgan fingerprint density at radius 3 is 2.79 bits per heavy atom. The van der Waals surface area contributed by atoms with E-state index in [4.69, 9.17) is 15.2 Å². The van der Waals surface area contributed by atoms with E-state index in [2.05, 4.69) is 0 Å². The van der Waals surface area contributed by atoms with Gasteiger partial charge in [0.15, 0.2) is 0 Å². The molecule has 0 radical (unpaired) electrons. The van der Waals surface area contributed by atoms with Gasteiger partial charge in [0.25, 0.3) is 0 Å². The van der Waals surface area contributed by atoms with Crippen molar-refractivity contribution in [2.24, 2.45) is 0 Å². The lowest BCUT2D eigenvalue weighted by atomic mass is 10.3. The molecule has 1 aliphatic heterocycles. The van der Waals surface area contributed by atoms with Crippen LogP contribution in [0.1, 0.15) is 6.42 Å². The molecule has 2 N–H and O–H groups in total. The van der Waals surface area contributed by atoms with Crippen molar-refractivity contribution in [1.29, 1.82) is 0 Å². The quantitative estimate of drug-likeness (QED) is 0.827. The molecule has 0 aliphatic carbocycles. The zero-order valence-corrected chi connectivity index (χ0v) is 11.6. The molecule has 2 rings (SSSR count). The topological polar surface area (TPSA) is 81.9 Å². The van der Waals surface area contributed by atoms with Crippen LogP contribution in [0.2, 0.25) is 0 Å².